The average Bonchev–Trinajstić information content (AvgIpc) is 2.36. The highest BCUT2D eigenvalue weighted by molar-refractivity contribution is 7.89. The number of benzene rings is 2. The molecule has 0 aromatic heterocycles. The molecule has 0 unspecified atom stereocenters. The van der Waals surface area contributed by atoms with E-state index < -0.39 is 10.0 Å². The third-order valence-electron chi connectivity index (χ3n) is 2.43. The summed E-state index contributed by atoms with van der Waals surface area (Å²) >= 11 is 0. The van der Waals surface area contributed by atoms with Crippen molar-refractivity contribution < 1.29 is 8.42 Å². The van der Waals surface area contributed by atoms with Crippen LogP contribution in [-0.2, 0) is 10.0 Å². The Labute approximate surface area is 106 Å². The van der Waals surface area contributed by atoms with Gasteiger partial charge in [-0.15, -0.1) is 4.83 Å². The maximum Gasteiger partial charge on any atom is 0.257 e. The fraction of sp³-hybridized carbons (Fsp3) is 0.0769. The number of fused-ring (bicyclic) bond motifs is 1. The maximum absolute atomic E-state index is 12.0. The first-order valence-electron chi connectivity index (χ1n) is 5.41. The Morgan fingerprint density at radius 2 is 1.78 bits per heavy atom. The van der Waals surface area contributed by atoms with E-state index in [0.717, 1.165) is 10.8 Å². The molecule has 0 atom stereocenters. The van der Waals surface area contributed by atoms with Gasteiger partial charge in [0.25, 0.3) is 10.0 Å². The Bertz CT molecular complexity index is 693. The lowest BCUT2D eigenvalue weighted by Crippen LogP contribution is -2.35. The number of hydrogen-bond donors (Lipinski definition) is 2. The van der Waals surface area contributed by atoms with E-state index in [4.69, 9.17) is 0 Å². The second-order valence-electron chi connectivity index (χ2n) is 4.02. The summed E-state index contributed by atoms with van der Waals surface area (Å²) in [4.78, 5) is 2.48. The lowest BCUT2D eigenvalue weighted by molar-refractivity contribution is 0.571. The lowest BCUT2D eigenvalue weighted by atomic mass is 10.1. The standard InChI is InChI=1S/C13H14N2O2S/c1-10(2)14-15-18(16,17)13-8-7-11-5-3-4-6-12(11)9-13/h3-9,14-15H,1H2,2H3. The smallest absolute Gasteiger partial charge is 0.257 e. The minimum absolute atomic E-state index is 0.218. The summed E-state index contributed by atoms with van der Waals surface area (Å²) < 4.78 is 23.9. The fourth-order valence-electron chi connectivity index (χ4n) is 1.55. The summed E-state index contributed by atoms with van der Waals surface area (Å²) in [5.74, 6) is 0. The fourth-order valence-corrected chi connectivity index (χ4v) is 2.50. The Morgan fingerprint density at radius 1 is 1.11 bits per heavy atom. The largest absolute Gasteiger partial charge is 0.313 e. The summed E-state index contributed by atoms with van der Waals surface area (Å²) in [6.07, 6.45) is 0. The molecule has 0 aliphatic rings. The summed E-state index contributed by atoms with van der Waals surface area (Å²) in [6, 6.07) is 12.6. The van der Waals surface area contributed by atoms with Crippen molar-refractivity contribution in [2.24, 2.45) is 0 Å². The first-order chi connectivity index (χ1) is 8.49. The molecule has 0 heterocycles. The third kappa shape index (κ3) is 2.69. The number of hydrazine groups is 1. The Hall–Kier alpha value is -1.85. The predicted molar refractivity (Wildman–Crippen MR) is 72.2 cm³/mol. The summed E-state index contributed by atoms with van der Waals surface area (Å²) in [7, 11) is -3.57. The molecule has 2 rings (SSSR count). The molecule has 2 N–H and O–H groups in total. The quantitative estimate of drug-likeness (QED) is 0.830. The van der Waals surface area contributed by atoms with Crippen molar-refractivity contribution in [2.75, 3.05) is 0 Å². The van der Waals surface area contributed by atoms with Gasteiger partial charge in [0.05, 0.1) is 4.90 Å². The molecular formula is C13H14N2O2S. The highest BCUT2D eigenvalue weighted by Crippen LogP contribution is 2.18. The zero-order valence-corrected chi connectivity index (χ0v) is 10.8. The van der Waals surface area contributed by atoms with E-state index in [1.54, 1.807) is 25.1 Å². The monoisotopic (exact) mass is 262 g/mol. The molecule has 0 saturated heterocycles. The van der Waals surface area contributed by atoms with Gasteiger partial charge >= 0.3 is 0 Å². The molecule has 0 aliphatic carbocycles. The molecule has 2 aromatic carbocycles. The van der Waals surface area contributed by atoms with E-state index >= 15 is 0 Å². The molecule has 0 saturated carbocycles. The van der Waals surface area contributed by atoms with Crippen molar-refractivity contribution >= 4 is 20.8 Å². The van der Waals surface area contributed by atoms with Crippen molar-refractivity contribution in [3.8, 4) is 0 Å². The van der Waals surface area contributed by atoms with Crippen molar-refractivity contribution in [3.05, 3.63) is 54.7 Å². The predicted octanol–water partition coefficient (Wildman–Crippen LogP) is 2.16. The molecule has 0 amide bonds. The Balaban J connectivity index is 2.38. The number of sulfonamides is 1. The van der Waals surface area contributed by atoms with E-state index in [2.05, 4.69) is 16.8 Å². The van der Waals surface area contributed by atoms with Crippen molar-refractivity contribution in [1.82, 2.24) is 10.3 Å². The zero-order chi connectivity index (χ0) is 13.2. The van der Waals surface area contributed by atoms with Gasteiger partial charge in [0.15, 0.2) is 0 Å². The van der Waals surface area contributed by atoms with Crippen LogP contribution in [0.25, 0.3) is 10.8 Å². The van der Waals surface area contributed by atoms with Crippen LogP contribution >= 0.6 is 0 Å². The third-order valence-corrected chi connectivity index (χ3v) is 3.68. The first-order valence-corrected chi connectivity index (χ1v) is 6.89. The molecule has 2 aromatic rings. The molecule has 4 nitrogen and oxygen atoms in total. The second kappa shape index (κ2) is 4.80. The molecule has 0 spiro atoms. The molecule has 0 fully saturated rings. The highest BCUT2D eigenvalue weighted by Gasteiger charge is 2.13. The number of rotatable bonds is 4. The topological polar surface area (TPSA) is 58.2 Å². The van der Waals surface area contributed by atoms with E-state index in [1.807, 2.05) is 24.3 Å². The van der Waals surface area contributed by atoms with Crippen LogP contribution in [0.15, 0.2) is 59.6 Å². The van der Waals surface area contributed by atoms with Gasteiger partial charge in [-0.3, -0.25) is 0 Å². The van der Waals surface area contributed by atoms with Crippen LogP contribution in [0.2, 0.25) is 0 Å². The van der Waals surface area contributed by atoms with Crippen LogP contribution in [-0.4, -0.2) is 8.42 Å². The molecular weight excluding hydrogens is 248 g/mol. The molecule has 5 heteroatoms. The number of allylic oxidation sites excluding steroid dienone is 1. The number of nitrogens with one attached hydrogen (secondary N) is 2. The van der Waals surface area contributed by atoms with Crippen LogP contribution < -0.4 is 10.3 Å². The van der Waals surface area contributed by atoms with Gasteiger partial charge in [-0.2, -0.15) is 0 Å². The summed E-state index contributed by atoms with van der Waals surface area (Å²) in [6.45, 7) is 5.23. The van der Waals surface area contributed by atoms with E-state index in [0.29, 0.717) is 5.70 Å². The van der Waals surface area contributed by atoms with Gasteiger partial charge in [-0.05, 0) is 29.8 Å². The SMILES string of the molecule is C=C(C)NNS(=O)(=O)c1ccc2ccccc2c1. The molecule has 0 aliphatic heterocycles. The molecule has 18 heavy (non-hydrogen) atoms. The van der Waals surface area contributed by atoms with E-state index in [-0.39, 0.29) is 4.90 Å². The minimum atomic E-state index is -3.57. The van der Waals surface area contributed by atoms with Crippen molar-refractivity contribution in [2.45, 2.75) is 11.8 Å². The zero-order valence-electron chi connectivity index (χ0n) is 9.97. The lowest BCUT2D eigenvalue weighted by Gasteiger charge is -2.09. The van der Waals surface area contributed by atoms with Crippen LogP contribution in [0.3, 0.4) is 0 Å². The van der Waals surface area contributed by atoms with Gasteiger partial charge in [-0.25, -0.2) is 8.42 Å². The van der Waals surface area contributed by atoms with Gasteiger partial charge in [0, 0.05) is 5.70 Å². The van der Waals surface area contributed by atoms with Gasteiger partial charge in [0.1, 0.15) is 0 Å². The van der Waals surface area contributed by atoms with Crippen LogP contribution in [0.1, 0.15) is 6.92 Å². The highest BCUT2D eigenvalue weighted by atomic mass is 32.2. The van der Waals surface area contributed by atoms with Crippen LogP contribution in [0.5, 0.6) is 0 Å². The van der Waals surface area contributed by atoms with Gasteiger partial charge < -0.3 is 5.43 Å². The molecule has 94 valence electrons. The first kappa shape index (κ1) is 12.6. The number of hydrogen-bond acceptors (Lipinski definition) is 3. The normalized spacial score (nSPS) is 11.4. The minimum Gasteiger partial charge on any atom is -0.313 e. The van der Waals surface area contributed by atoms with Crippen molar-refractivity contribution in [3.63, 3.8) is 0 Å². The van der Waals surface area contributed by atoms with E-state index in [9.17, 15) is 8.42 Å². The second-order valence-corrected chi connectivity index (χ2v) is 5.70. The molecule has 0 bridgehead atoms. The van der Waals surface area contributed by atoms with Gasteiger partial charge in [0.2, 0.25) is 0 Å². The van der Waals surface area contributed by atoms with Crippen LogP contribution in [0.4, 0.5) is 0 Å². The van der Waals surface area contributed by atoms with E-state index in [1.165, 1.54) is 0 Å². The van der Waals surface area contributed by atoms with Gasteiger partial charge in [-0.1, -0.05) is 36.9 Å². The Morgan fingerprint density at radius 3 is 2.44 bits per heavy atom. The maximum atomic E-state index is 12.0. The Kier molecular flexibility index (Phi) is 3.36. The average molecular weight is 262 g/mol. The van der Waals surface area contributed by atoms with Crippen molar-refractivity contribution in [1.29, 1.82) is 0 Å². The summed E-state index contributed by atoms with van der Waals surface area (Å²) in [5.41, 5.74) is 3.03. The van der Waals surface area contributed by atoms with Crippen LogP contribution in [0, 0.1) is 0 Å². The molecule has 0 radical (unpaired) electrons. The summed E-state index contributed by atoms with van der Waals surface area (Å²) in [5, 5.41) is 1.89.